The summed E-state index contributed by atoms with van der Waals surface area (Å²) in [4.78, 5) is 22.6. The standard InChI is InChI=1S/C15H19ClN2O3/c1-15(2)8-4-5-10(9-15)17-14(19)11-6-3-7-12(13(11)16)18(20)21/h3,6-7,10H,4-5,8-9H2,1-2H3,(H,17,19). The minimum atomic E-state index is -0.581. The lowest BCUT2D eigenvalue weighted by Crippen LogP contribution is -2.40. The number of hydrogen-bond acceptors (Lipinski definition) is 3. The number of nitro benzene ring substituents is 1. The highest BCUT2D eigenvalue weighted by Crippen LogP contribution is 2.35. The number of carbonyl (C=O) groups is 1. The summed E-state index contributed by atoms with van der Waals surface area (Å²) in [6.07, 6.45) is 4.06. The summed E-state index contributed by atoms with van der Waals surface area (Å²) < 4.78 is 0. The molecule has 0 radical (unpaired) electrons. The minimum absolute atomic E-state index is 0.0941. The van der Waals surface area contributed by atoms with Crippen LogP contribution in [0, 0.1) is 15.5 Å². The van der Waals surface area contributed by atoms with Crippen molar-refractivity contribution in [3.63, 3.8) is 0 Å². The molecule has 114 valence electrons. The van der Waals surface area contributed by atoms with E-state index in [9.17, 15) is 14.9 Å². The van der Waals surface area contributed by atoms with Crippen molar-refractivity contribution in [3.8, 4) is 0 Å². The van der Waals surface area contributed by atoms with Gasteiger partial charge in [0, 0.05) is 12.1 Å². The van der Waals surface area contributed by atoms with Crippen LogP contribution in [0.25, 0.3) is 0 Å². The molecule has 1 aliphatic rings. The molecule has 1 atom stereocenters. The van der Waals surface area contributed by atoms with E-state index in [1.165, 1.54) is 18.2 Å². The predicted octanol–water partition coefficient (Wildman–Crippen LogP) is 3.95. The lowest BCUT2D eigenvalue weighted by Gasteiger charge is -2.35. The van der Waals surface area contributed by atoms with Crippen molar-refractivity contribution in [2.75, 3.05) is 0 Å². The Morgan fingerprint density at radius 1 is 1.48 bits per heavy atom. The monoisotopic (exact) mass is 310 g/mol. The van der Waals surface area contributed by atoms with Crippen molar-refractivity contribution < 1.29 is 9.72 Å². The molecule has 1 unspecified atom stereocenters. The van der Waals surface area contributed by atoms with Crippen LogP contribution in [0.15, 0.2) is 18.2 Å². The first-order valence-corrected chi connectivity index (χ1v) is 7.42. The summed E-state index contributed by atoms with van der Waals surface area (Å²) in [6.45, 7) is 4.37. The molecule has 1 aliphatic carbocycles. The Balaban J connectivity index is 2.14. The van der Waals surface area contributed by atoms with Gasteiger partial charge < -0.3 is 5.32 Å². The van der Waals surface area contributed by atoms with E-state index in [1.807, 2.05) is 0 Å². The summed E-state index contributed by atoms with van der Waals surface area (Å²) >= 11 is 5.97. The molecule has 1 N–H and O–H groups in total. The zero-order valence-electron chi connectivity index (χ0n) is 12.2. The molecule has 6 heteroatoms. The van der Waals surface area contributed by atoms with E-state index in [0.29, 0.717) is 0 Å². The highest BCUT2D eigenvalue weighted by atomic mass is 35.5. The molecule has 0 spiro atoms. The van der Waals surface area contributed by atoms with Gasteiger partial charge in [0.05, 0.1) is 10.5 Å². The van der Waals surface area contributed by atoms with Gasteiger partial charge in [0.15, 0.2) is 0 Å². The van der Waals surface area contributed by atoms with Gasteiger partial charge in [-0.1, -0.05) is 37.9 Å². The molecule has 1 amide bonds. The van der Waals surface area contributed by atoms with Gasteiger partial charge in [-0.05, 0) is 30.7 Å². The molecule has 1 saturated carbocycles. The van der Waals surface area contributed by atoms with Gasteiger partial charge in [0.2, 0.25) is 0 Å². The number of halogens is 1. The van der Waals surface area contributed by atoms with Gasteiger partial charge >= 0.3 is 0 Å². The van der Waals surface area contributed by atoms with Gasteiger partial charge in [-0.15, -0.1) is 0 Å². The maximum Gasteiger partial charge on any atom is 0.288 e. The Hall–Kier alpha value is -1.62. The number of amides is 1. The molecule has 2 rings (SSSR count). The van der Waals surface area contributed by atoms with E-state index >= 15 is 0 Å². The van der Waals surface area contributed by atoms with Crippen LogP contribution in [-0.4, -0.2) is 16.9 Å². The van der Waals surface area contributed by atoms with Crippen LogP contribution < -0.4 is 5.32 Å². The summed E-state index contributed by atoms with van der Waals surface area (Å²) in [7, 11) is 0. The Labute approximate surface area is 128 Å². The second kappa shape index (κ2) is 6.02. The second-order valence-corrected chi connectivity index (χ2v) is 6.70. The fraction of sp³-hybridized carbons (Fsp3) is 0.533. The Kier molecular flexibility index (Phi) is 4.52. The lowest BCUT2D eigenvalue weighted by atomic mass is 9.75. The quantitative estimate of drug-likeness (QED) is 0.678. The van der Waals surface area contributed by atoms with Crippen molar-refractivity contribution in [1.82, 2.24) is 5.32 Å². The van der Waals surface area contributed by atoms with Crippen molar-refractivity contribution in [2.24, 2.45) is 5.41 Å². The third-order valence-corrected chi connectivity index (χ3v) is 4.36. The molecular formula is C15H19ClN2O3. The first-order valence-electron chi connectivity index (χ1n) is 7.04. The summed E-state index contributed by atoms with van der Waals surface area (Å²) in [5.74, 6) is -0.341. The largest absolute Gasteiger partial charge is 0.349 e. The molecule has 21 heavy (non-hydrogen) atoms. The Morgan fingerprint density at radius 2 is 2.19 bits per heavy atom. The minimum Gasteiger partial charge on any atom is -0.349 e. The number of rotatable bonds is 3. The maximum atomic E-state index is 12.3. The highest BCUT2D eigenvalue weighted by Gasteiger charge is 2.29. The number of nitro groups is 1. The predicted molar refractivity (Wildman–Crippen MR) is 81.6 cm³/mol. The molecular weight excluding hydrogens is 292 g/mol. The number of nitrogens with one attached hydrogen (secondary N) is 1. The van der Waals surface area contributed by atoms with Crippen molar-refractivity contribution in [1.29, 1.82) is 0 Å². The number of hydrogen-bond donors (Lipinski definition) is 1. The molecule has 5 nitrogen and oxygen atoms in total. The topological polar surface area (TPSA) is 72.2 Å². The van der Waals surface area contributed by atoms with E-state index in [1.54, 1.807) is 0 Å². The van der Waals surface area contributed by atoms with Gasteiger partial charge in [-0.25, -0.2) is 0 Å². The molecule has 0 saturated heterocycles. The average Bonchev–Trinajstić information content (AvgIpc) is 2.37. The second-order valence-electron chi connectivity index (χ2n) is 6.33. The van der Waals surface area contributed by atoms with E-state index < -0.39 is 4.92 Å². The average molecular weight is 311 g/mol. The SMILES string of the molecule is CC1(C)CCCC(NC(=O)c2cccc([N+](=O)[O-])c2Cl)C1. The summed E-state index contributed by atoms with van der Waals surface area (Å²) in [5, 5.41) is 13.7. The van der Waals surface area contributed by atoms with Crippen LogP contribution in [0.2, 0.25) is 5.02 Å². The van der Waals surface area contributed by atoms with Crippen LogP contribution in [0.1, 0.15) is 49.9 Å². The number of nitrogens with zero attached hydrogens (tertiary/aromatic N) is 1. The molecule has 0 heterocycles. The van der Waals surface area contributed by atoms with E-state index in [-0.39, 0.29) is 33.6 Å². The number of benzene rings is 1. The molecule has 1 fully saturated rings. The van der Waals surface area contributed by atoms with Gasteiger partial charge in [-0.2, -0.15) is 0 Å². The smallest absolute Gasteiger partial charge is 0.288 e. The van der Waals surface area contributed by atoms with Crippen molar-refractivity contribution in [2.45, 2.75) is 45.6 Å². The van der Waals surface area contributed by atoms with E-state index in [0.717, 1.165) is 25.7 Å². The maximum absolute atomic E-state index is 12.3. The fourth-order valence-corrected chi connectivity index (χ4v) is 3.20. The molecule has 1 aromatic carbocycles. The molecule has 0 bridgehead atoms. The zero-order chi connectivity index (χ0) is 15.6. The van der Waals surface area contributed by atoms with Gasteiger partial charge in [0.1, 0.15) is 5.02 Å². The first-order chi connectivity index (χ1) is 9.80. The van der Waals surface area contributed by atoms with Crippen LogP contribution in [-0.2, 0) is 0 Å². The zero-order valence-corrected chi connectivity index (χ0v) is 12.9. The normalized spacial score (nSPS) is 20.8. The summed E-state index contributed by atoms with van der Waals surface area (Å²) in [6, 6.07) is 4.38. The van der Waals surface area contributed by atoms with Crippen LogP contribution in [0.5, 0.6) is 0 Å². The molecule has 0 aliphatic heterocycles. The summed E-state index contributed by atoms with van der Waals surface area (Å²) in [5.41, 5.74) is 0.130. The molecule has 1 aromatic rings. The van der Waals surface area contributed by atoms with Crippen LogP contribution in [0.4, 0.5) is 5.69 Å². The third-order valence-electron chi connectivity index (χ3n) is 3.96. The van der Waals surface area contributed by atoms with Crippen molar-refractivity contribution >= 4 is 23.2 Å². The highest BCUT2D eigenvalue weighted by molar-refractivity contribution is 6.35. The van der Waals surface area contributed by atoms with Gasteiger partial charge in [0.25, 0.3) is 11.6 Å². The first kappa shape index (κ1) is 15.8. The van der Waals surface area contributed by atoms with Crippen molar-refractivity contribution in [3.05, 3.63) is 38.9 Å². The third kappa shape index (κ3) is 3.73. The lowest BCUT2D eigenvalue weighted by molar-refractivity contribution is -0.384. The van der Waals surface area contributed by atoms with Crippen LogP contribution in [0.3, 0.4) is 0 Å². The van der Waals surface area contributed by atoms with E-state index in [4.69, 9.17) is 11.6 Å². The van der Waals surface area contributed by atoms with E-state index in [2.05, 4.69) is 19.2 Å². The van der Waals surface area contributed by atoms with Gasteiger partial charge in [-0.3, -0.25) is 14.9 Å². The molecule has 0 aromatic heterocycles. The Morgan fingerprint density at radius 3 is 2.81 bits per heavy atom. The fourth-order valence-electron chi connectivity index (χ4n) is 2.92. The van der Waals surface area contributed by atoms with Crippen LogP contribution >= 0.6 is 11.6 Å². The number of carbonyl (C=O) groups excluding carboxylic acids is 1. The Bertz CT molecular complexity index is 572.